The second-order valence-electron chi connectivity index (χ2n) is 6.11. The number of rotatable bonds is 4. The molecule has 2 N–H and O–H groups in total. The maximum absolute atomic E-state index is 13.5. The van der Waals surface area contributed by atoms with Crippen LogP contribution in [0.1, 0.15) is 24.9 Å². The summed E-state index contributed by atoms with van der Waals surface area (Å²) in [5, 5.41) is 6.68. The SMILES string of the molecule is Cc1nc(N[C@H]2CCNC2)ccc1-c1cn(C)c(C(C)(F)F)n1. The van der Waals surface area contributed by atoms with E-state index in [1.165, 1.54) is 4.57 Å². The second kappa shape index (κ2) is 5.88. The highest BCUT2D eigenvalue weighted by Gasteiger charge is 2.30. The molecule has 1 aliphatic heterocycles. The summed E-state index contributed by atoms with van der Waals surface area (Å²) in [6.07, 6.45) is 2.68. The summed E-state index contributed by atoms with van der Waals surface area (Å²) in [5.74, 6) is -2.41. The average Bonchev–Trinajstić information content (AvgIpc) is 3.08. The zero-order valence-corrected chi connectivity index (χ0v) is 13.5. The van der Waals surface area contributed by atoms with Crippen LogP contribution >= 0.6 is 0 Å². The van der Waals surface area contributed by atoms with Gasteiger partial charge in [0.1, 0.15) is 5.82 Å². The van der Waals surface area contributed by atoms with Crippen LogP contribution in [0.2, 0.25) is 0 Å². The van der Waals surface area contributed by atoms with Crippen LogP contribution in [0.3, 0.4) is 0 Å². The first-order valence-electron chi connectivity index (χ1n) is 7.71. The lowest BCUT2D eigenvalue weighted by molar-refractivity contribution is 0.00509. The third kappa shape index (κ3) is 3.34. The number of halogens is 2. The zero-order valence-electron chi connectivity index (χ0n) is 13.5. The van der Waals surface area contributed by atoms with Gasteiger partial charge in [0.2, 0.25) is 0 Å². The topological polar surface area (TPSA) is 54.8 Å². The van der Waals surface area contributed by atoms with Crippen molar-refractivity contribution < 1.29 is 8.78 Å². The van der Waals surface area contributed by atoms with Gasteiger partial charge in [0.25, 0.3) is 0 Å². The number of nitrogens with zero attached hydrogens (tertiary/aromatic N) is 3. The number of pyridine rings is 1. The first-order valence-corrected chi connectivity index (χ1v) is 7.71. The van der Waals surface area contributed by atoms with Gasteiger partial charge in [-0.3, -0.25) is 0 Å². The number of aromatic nitrogens is 3. The lowest BCUT2D eigenvalue weighted by atomic mass is 10.1. The molecule has 0 spiro atoms. The quantitative estimate of drug-likeness (QED) is 0.909. The van der Waals surface area contributed by atoms with Gasteiger partial charge in [0.15, 0.2) is 5.82 Å². The largest absolute Gasteiger partial charge is 0.366 e. The minimum absolute atomic E-state index is 0.244. The maximum atomic E-state index is 13.5. The number of hydrogen-bond donors (Lipinski definition) is 2. The molecule has 7 heteroatoms. The molecule has 0 radical (unpaired) electrons. The number of nitrogens with one attached hydrogen (secondary N) is 2. The fraction of sp³-hybridized carbons (Fsp3) is 0.500. The van der Waals surface area contributed by atoms with Crippen LogP contribution in [0.5, 0.6) is 0 Å². The molecule has 124 valence electrons. The summed E-state index contributed by atoms with van der Waals surface area (Å²) < 4.78 is 28.4. The smallest absolute Gasteiger partial charge is 0.302 e. The predicted molar refractivity (Wildman–Crippen MR) is 85.6 cm³/mol. The molecule has 1 saturated heterocycles. The average molecular weight is 321 g/mol. The Morgan fingerprint density at radius 3 is 2.70 bits per heavy atom. The summed E-state index contributed by atoms with van der Waals surface area (Å²) in [4.78, 5) is 8.63. The van der Waals surface area contributed by atoms with E-state index < -0.39 is 5.92 Å². The van der Waals surface area contributed by atoms with E-state index in [1.54, 1.807) is 13.2 Å². The number of alkyl halides is 2. The summed E-state index contributed by atoms with van der Waals surface area (Å²) in [6, 6.07) is 4.14. The van der Waals surface area contributed by atoms with Crippen molar-refractivity contribution in [1.82, 2.24) is 19.9 Å². The van der Waals surface area contributed by atoms with Gasteiger partial charge in [-0.25, -0.2) is 9.97 Å². The van der Waals surface area contributed by atoms with Crippen LogP contribution < -0.4 is 10.6 Å². The van der Waals surface area contributed by atoms with E-state index in [-0.39, 0.29) is 5.82 Å². The highest BCUT2D eigenvalue weighted by atomic mass is 19.3. The summed E-state index contributed by atoms with van der Waals surface area (Å²) in [5.41, 5.74) is 2.05. The van der Waals surface area contributed by atoms with Crippen molar-refractivity contribution in [3.05, 3.63) is 29.8 Å². The van der Waals surface area contributed by atoms with E-state index in [0.717, 1.165) is 43.5 Å². The molecule has 1 aliphatic rings. The van der Waals surface area contributed by atoms with Gasteiger partial charge in [0, 0.05) is 44.0 Å². The number of hydrogen-bond acceptors (Lipinski definition) is 4. The van der Waals surface area contributed by atoms with Gasteiger partial charge < -0.3 is 15.2 Å². The Bertz CT molecular complexity index is 699. The molecule has 5 nitrogen and oxygen atoms in total. The molecule has 23 heavy (non-hydrogen) atoms. The molecular formula is C16H21F2N5. The van der Waals surface area contributed by atoms with Gasteiger partial charge in [-0.2, -0.15) is 8.78 Å². The number of aryl methyl sites for hydroxylation is 2. The highest BCUT2D eigenvalue weighted by molar-refractivity contribution is 5.63. The van der Waals surface area contributed by atoms with E-state index >= 15 is 0 Å². The first kappa shape index (κ1) is 15.9. The predicted octanol–water partition coefficient (Wildman–Crippen LogP) is 2.68. The maximum Gasteiger partial charge on any atom is 0.302 e. The minimum atomic E-state index is -2.97. The Morgan fingerprint density at radius 2 is 2.13 bits per heavy atom. The molecule has 0 aromatic carbocycles. The molecule has 0 unspecified atom stereocenters. The van der Waals surface area contributed by atoms with Crippen LogP contribution in [-0.4, -0.2) is 33.7 Å². The minimum Gasteiger partial charge on any atom is -0.366 e. The van der Waals surface area contributed by atoms with Gasteiger partial charge in [-0.15, -0.1) is 0 Å². The molecule has 0 bridgehead atoms. The molecule has 1 fully saturated rings. The van der Waals surface area contributed by atoms with Crippen molar-refractivity contribution in [3.63, 3.8) is 0 Å². The van der Waals surface area contributed by atoms with Crippen molar-refractivity contribution >= 4 is 5.82 Å². The zero-order chi connectivity index (χ0) is 16.6. The monoisotopic (exact) mass is 321 g/mol. The van der Waals surface area contributed by atoms with Gasteiger partial charge in [-0.1, -0.05) is 0 Å². The van der Waals surface area contributed by atoms with Gasteiger partial charge in [-0.05, 0) is 32.0 Å². The van der Waals surface area contributed by atoms with Crippen LogP contribution in [-0.2, 0) is 13.0 Å². The molecule has 0 amide bonds. The van der Waals surface area contributed by atoms with Crippen molar-refractivity contribution in [3.8, 4) is 11.3 Å². The molecule has 1 atom stereocenters. The standard InChI is InChI=1S/C16H21F2N5/c1-10-12(13-9-23(3)15(22-13)16(2,17)18)4-5-14(20-10)21-11-6-7-19-8-11/h4-5,9,11,19H,6-8H2,1-3H3,(H,20,21)/t11-/m0/s1. The molecule has 2 aromatic rings. The molecular weight excluding hydrogens is 300 g/mol. The van der Waals surface area contributed by atoms with E-state index in [0.29, 0.717) is 11.7 Å². The summed E-state index contributed by atoms with van der Waals surface area (Å²) in [7, 11) is 1.58. The van der Waals surface area contributed by atoms with Crippen LogP contribution in [0.4, 0.5) is 14.6 Å². The van der Waals surface area contributed by atoms with Crippen molar-refractivity contribution in [2.24, 2.45) is 7.05 Å². The fourth-order valence-corrected chi connectivity index (χ4v) is 2.90. The van der Waals surface area contributed by atoms with Crippen LogP contribution in [0.15, 0.2) is 18.3 Å². The third-order valence-electron chi connectivity index (χ3n) is 4.04. The Hall–Kier alpha value is -2.02. The third-order valence-corrected chi connectivity index (χ3v) is 4.04. The lowest BCUT2D eigenvalue weighted by Gasteiger charge is -2.13. The summed E-state index contributed by atoms with van der Waals surface area (Å²) >= 11 is 0. The van der Waals surface area contributed by atoms with Crippen LogP contribution in [0.25, 0.3) is 11.3 Å². The van der Waals surface area contributed by atoms with E-state index in [1.807, 2.05) is 19.1 Å². The van der Waals surface area contributed by atoms with E-state index in [9.17, 15) is 8.78 Å². The Kier molecular flexibility index (Phi) is 4.06. The van der Waals surface area contributed by atoms with Crippen molar-refractivity contribution in [2.45, 2.75) is 32.2 Å². The second-order valence-corrected chi connectivity index (χ2v) is 6.11. The number of anilines is 1. The first-order chi connectivity index (χ1) is 10.8. The molecule has 0 saturated carbocycles. The van der Waals surface area contributed by atoms with Gasteiger partial charge in [0.05, 0.1) is 5.69 Å². The fourth-order valence-electron chi connectivity index (χ4n) is 2.90. The lowest BCUT2D eigenvalue weighted by Crippen LogP contribution is -2.22. The van der Waals surface area contributed by atoms with E-state index in [2.05, 4.69) is 20.6 Å². The Balaban J connectivity index is 1.86. The molecule has 3 heterocycles. The van der Waals surface area contributed by atoms with Crippen molar-refractivity contribution in [2.75, 3.05) is 18.4 Å². The molecule has 3 rings (SSSR count). The van der Waals surface area contributed by atoms with Crippen LogP contribution in [0, 0.1) is 6.92 Å². The molecule has 2 aromatic heterocycles. The highest BCUT2D eigenvalue weighted by Crippen LogP contribution is 2.30. The summed E-state index contributed by atoms with van der Waals surface area (Å²) in [6.45, 7) is 4.66. The Morgan fingerprint density at radius 1 is 1.35 bits per heavy atom. The van der Waals surface area contributed by atoms with E-state index in [4.69, 9.17) is 0 Å². The Labute approximate surface area is 134 Å². The molecule has 0 aliphatic carbocycles. The number of imidazole rings is 1. The van der Waals surface area contributed by atoms with Crippen molar-refractivity contribution in [1.29, 1.82) is 0 Å². The van der Waals surface area contributed by atoms with Gasteiger partial charge >= 0.3 is 5.92 Å². The normalized spacial score (nSPS) is 18.4.